The zero-order valence-corrected chi connectivity index (χ0v) is 13.9. The van der Waals surface area contributed by atoms with Gasteiger partial charge in [0.25, 0.3) is 0 Å². The van der Waals surface area contributed by atoms with Gasteiger partial charge in [-0.3, -0.25) is 14.8 Å². The van der Waals surface area contributed by atoms with Crippen LogP contribution in [0, 0.1) is 0 Å². The lowest BCUT2D eigenvalue weighted by Gasteiger charge is -2.32. The summed E-state index contributed by atoms with van der Waals surface area (Å²) in [5.41, 5.74) is 3.07. The molecular weight excluding hydrogens is 316 g/mol. The molecular formula is C19H20N4O2. The summed E-state index contributed by atoms with van der Waals surface area (Å²) in [6.45, 7) is 1.69. The second kappa shape index (κ2) is 7.03. The van der Waals surface area contributed by atoms with Crippen molar-refractivity contribution in [1.29, 1.82) is 0 Å². The van der Waals surface area contributed by atoms with Crippen LogP contribution in [0.3, 0.4) is 0 Å². The number of fused-ring (bicyclic) bond motifs is 1. The highest BCUT2D eigenvalue weighted by Crippen LogP contribution is 2.22. The molecule has 3 aromatic rings. The summed E-state index contributed by atoms with van der Waals surface area (Å²) in [7, 11) is 0. The van der Waals surface area contributed by atoms with Crippen LogP contribution < -0.4 is 0 Å². The first-order chi connectivity index (χ1) is 12.3. The predicted molar refractivity (Wildman–Crippen MR) is 93.9 cm³/mol. The number of aromatic amines is 1. The minimum absolute atomic E-state index is 0.155. The van der Waals surface area contributed by atoms with Crippen LogP contribution in [0.1, 0.15) is 23.8 Å². The van der Waals surface area contributed by atoms with Crippen molar-refractivity contribution >= 4 is 16.8 Å². The Hall–Kier alpha value is -2.73. The maximum Gasteiger partial charge on any atom is 0.223 e. The van der Waals surface area contributed by atoms with Gasteiger partial charge in [0.1, 0.15) is 6.10 Å². The van der Waals surface area contributed by atoms with Crippen LogP contribution in [0.5, 0.6) is 0 Å². The lowest BCUT2D eigenvalue weighted by Crippen LogP contribution is -2.42. The summed E-state index contributed by atoms with van der Waals surface area (Å²) in [4.78, 5) is 26.1. The summed E-state index contributed by atoms with van der Waals surface area (Å²) in [5.74, 6) is 0.155. The summed E-state index contributed by atoms with van der Waals surface area (Å²) < 4.78 is 5.75. The SMILES string of the molecule is O=C(CCc1c[nH]c2ccccc12)N1CCO[C@H](c2cnccn2)C1. The second-order valence-corrected chi connectivity index (χ2v) is 6.19. The predicted octanol–water partition coefficient (Wildman–Crippen LogP) is 2.49. The molecule has 0 unspecified atom stereocenters. The number of carbonyl (C=O) groups excluding carboxylic acids is 1. The number of aromatic nitrogens is 3. The third-order valence-electron chi connectivity index (χ3n) is 4.62. The Balaban J connectivity index is 1.39. The highest BCUT2D eigenvalue weighted by Gasteiger charge is 2.26. The number of hydrogen-bond acceptors (Lipinski definition) is 4. The minimum Gasteiger partial charge on any atom is -0.368 e. The molecule has 2 aromatic heterocycles. The van der Waals surface area contributed by atoms with Crippen LogP contribution in [-0.4, -0.2) is 45.5 Å². The number of nitrogens with one attached hydrogen (secondary N) is 1. The zero-order chi connectivity index (χ0) is 17.1. The van der Waals surface area contributed by atoms with Crippen molar-refractivity contribution in [2.75, 3.05) is 19.7 Å². The molecule has 4 rings (SSSR count). The molecule has 0 aliphatic carbocycles. The van der Waals surface area contributed by atoms with Crippen molar-refractivity contribution < 1.29 is 9.53 Å². The van der Waals surface area contributed by atoms with E-state index in [1.807, 2.05) is 29.3 Å². The van der Waals surface area contributed by atoms with Crippen LogP contribution in [0.2, 0.25) is 0 Å². The van der Waals surface area contributed by atoms with Crippen LogP contribution in [0.4, 0.5) is 0 Å². The van der Waals surface area contributed by atoms with E-state index in [0.717, 1.165) is 17.6 Å². The van der Waals surface area contributed by atoms with Crippen molar-refractivity contribution in [3.8, 4) is 0 Å². The third-order valence-corrected chi connectivity index (χ3v) is 4.62. The monoisotopic (exact) mass is 336 g/mol. The fraction of sp³-hybridized carbons (Fsp3) is 0.316. The Morgan fingerprint density at radius 2 is 2.24 bits per heavy atom. The van der Waals surface area contributed by atoms with E-state index in [4.69, 9.17) is 4.74 Å². The quantitative estimate of drug-likeness (QED) is 0.794. The molecule has 0 radical (unpaired) electrons. The normalized spacial score (nSPS) is 17.8. The van der Waals surface area contributed by atoms with Crippen molar-refractivity contribution in [2.45, 2.75) is 18.9 Å². The topological polar surface area (TPSA) is 71.1 Å². The number of ether oxygens (including phenoxy) is 1. The Labute approximate surface area is 145 Å². The van der Waals surface area contributed by atoms with Gasteiger partial charge < -0.3 is 14.6 Å². The van der Waals surface area contributed by atoms with E-state index >= 15 is 0 Å². The van der Waals surface area contributed by atoms with E-state index in [1.54, 1.807) is 18.6 Å². The molecule has 1 aromatic carbocycles. The van der Waals surface area contributed by atoms with Crippen LogP contribution in [0.15, 0.2) is 49.1 Å². The molecule has 1 N–H and O–H groups in total. The van der Waals surface area contributed by atoms with Gasteiger partial charge in [0, 0.05) is 42.5 Å². The first-order valence-electron chi connectivity index (χ1n) is 8.51. The third kappa shape index (κ3) is 3.39. The van der Waals surface area contributed by atoms with Crippen molar-refractivity contribution in [1.82, 2.24) is 19.9 Å². The molecule has 1 aliphatic heterocycles. The minimum atomic E-state index is -0.195. The first kappa shape index (κ1) is 15.8. The molecule has 128 valence electrons. The maximum atomic E-state index is 12.6. The number of carbonyl (C=O) groups is 1. The van der Waals surface area contributed by atoms with E-state index in [-0.39, 0.29) is 12.0 Å². The van der Waals surface area contributed by atoms with E-state index in [9.17, 15) is 4.79 Å². The second-order valence-electron chi connectivity index (χ2n) is 6.19. The van der Waals surface area contributed by atoms with Gasteiger partial charge in [-0.15, -0.1) is 0 Å². The highest BCUT2D eigenvalue weighted by molar-refractivity contribution is 5.84. The average Bonchev–Trinajstić information content (AvgIpc) is 3.10. The molecule has 25 heavy (non-hydrogen) atoms. The van der Waals surface area contributed by atoms with Crippen molar-refractivity contribution in [2.24, 2.45) is 0 Å². The average molecular weight is 336 g/mol. The van der Waals surface area contributed by atoms with Gasteiger partial charge in [-0.05, 0) is 18.1 Å². The van der Waals surface area contributed by atoms with E-state index in [1.165, 1.54) is 10.9 Å². The number of H-pyrrole nitrogens is 1. The van der Waals surface area contributed by atoms with Gasteiger partial charge in [0.05, 0.1) is 25.0 Å². The molecule has 1 saturated heterocycles. The lowest BCUT2D eigenvalue weighted by atomic mass is 10.1. The zero-order valence-electron chi connectivity index (χ0n) is 13.9. The molecule has 0 spiro atoms. The van der Waals surface area contributed by atoms with Crippen molar-refractivity contribution in [3.63, 3.8) is 0 Å². The summed E-state index contributed by atoms with van der Waals surface area (Å²) in [6, 6.07) is 8.17. The summed E-state index contributed by atoms with van der Waals surface area (Å²) >= 11 is 0. The van der Waals surface area contributed by atoms with Crippen LogP contribution in [-0.2, 0) is 16.0 Å². The number of amides is 1. The Morgan fingerprint density at radius 3 is 3.12 bits per heavy atom. The number of aryl methyl sites for hydroxylation is 1. The molecule has 6 nitrogen and oxygen atoms in total. The molecule has 1 atom stereocenters. The smallest absolute Gasteiger partial charge is 0.223 e. The molecule has 0 saturated carbocycles. The fourth-order valence-electron chi connectivity index (χ4n) is 3.27. The van der Waals surface area contributed by atoms with Gasteiger partial charge in [-0.1, -0.05) is 18.2 Å². The lowest BCUT2D eigenvalue weighted by molar-refractivity contribution is -0.139. The van der Waals surface area contributed by atoms with Gasteiger partial charge in [0.2, 0.25) is 5.91 Å². The summed E-state index contributed by atoms with van der Waals surface area (Å²) in [5, 5.41) is 1.19. The van der Waals surface area contributed by atoms with E-state index < -0.39 is 0 Å². The Bertz CT molecular complexity index is 862. The van der Waals surface area contributed by atoms with Gasteiger partial charge >= 0.3 is 0 Å². The Kier molecular flexibility index (Phi) is 4.43. The Morgan fingerprint density at radius 1 is 1.32 bits per heavy atom. The number of hydrogen-bond donors (Lipinski definition) is 1. The number of para-hydroxylation sites is 1. The van der Waals surface area contributed by atoms with Gasteiger partial charge in [0.15, 0.2) is 0 Å². The van der Waals surface area contributed by atoms with Gasteiger partial charge in [-0.25, -0.2) is 0 Å². The number of nitrogens with zero attached hydrogens (tertiary/aromatic N) is 3. The number of benzene rings is 1. The first-order valence-corrected chi connectivity index (χ1v) is 8.51. The van der Waals surface area contributed by atoms with Crippen LogP contribution >= 0.6 is 0 Å². The number of rotatable bonds is 4. The molecule has 1 fully saturated rings. The summed E-state index contributed by atoms with van der Waals surface area (Å²) in [6.07, 6.45) is 8.02. The molecule has 1 amide bonds. The van der Waals surface area contributed by atoms with Crippen molar-refractivity contribution in [3.05, 3.63) is 60.3 Å². The van der Waals surface area contributed by atoms with Crippen LogP contribution in [0.25, 0.3) is 10.9 Å². The van der Waals surface area contributed by atoms with E-state index in [0.29, 0.717) is 26.1 Å². The number of morpholine rings is 1. The van der Waals surface area contributed by atoms with Gasteiger partial charge in [-0.2, -0.15) is 0 Å². The standard InChI is InChI=1S/C19H20N4O2/c24-19(6-5-14-11-22-16-4-2-1-3-15(14)16)23-9-10-25-18(13-23)17-12-20-7-8-21-17/h1-4,7-8,11-12,18,22H,5-6,9-10,13H2/t18-/m0/s1. The van der Waals surface area contributed by atoms with E-state index in [2.05, 4.69) is 21.0 Å². The molecule has 0 bridgehead atoms. The fourth-order valence-corrected chi connectivity index (χ4v) is 3.27. The highest BCUT2D eigenvalue weighted by atomic mass is 16.5. The largest absolute Gasteiger partial charge is 0.368 e. The molecule has 1 aliphatic rings. The molecule has 6 heteroatoms. The molecule has 3 heterocycles. The maximum absolute atomic E-state index is 12.6.